The number of halogens is 3. The van der Waals surface area contributed by atoms with Crippen LogP contribution in [0.15, 0.2) is 41.3 Å². The van der Waals surface area contributed by atoms with Gasteiger partial charge in [-0.25, -0.2) is 26.7 Å². The molecule has 0 heterocycles. The monoisotopic (exact) mass is 457 g/mol. The predicted molar refractivity (Wildman–Crippen MR) is 108 cm³/mol. The number of sulfonamides is 1. The van der Waals surface area contributed by atoms with E-state index in [1.807, 2.05) is 0 Å². The Morgan fingerprint density at radius 1 is 1.03 bits per heavy atom. The number of hydrogen-bond acceptors (Lipinski definition) is 4. The van der Waals surface area contributed by atoms with Crippen molar-refractivity contribution in [3.05, 3.63) is 59.4 Å². The van der Waals surface area contributed by atoms with Gasteiger partial charge in [0.05, 0.1) is 17.1 Å². The lowest BCUT2D eigenvalue weighted by molar-refractivity contribution is -0.134. The summed E-state index contributed by atoms with van der Waals surface area (Å²) < 4.78 is 62.6. The van der Waals surface area contributed by atoms with Gasteiger partial charge in [-0.2, -0.15) is 0 Å². The van der Waals surface area contributed by atoms with E-state index in [4.69, 9.17) is 5.14 Å². The fourth-order valence-corrected chi connectivity index (χ4v) is 3.32. The molecule has 0 aromatic heterocycles. The Morgan fingerprint density at radius 3 is 2.26 bits per heavy atom. The molecule has 0 bridgehead atoms. The first-order valence-electron chi connectivity index (χ1n) is 9.35. The first-order chi connectivity index (χ1) is 14.5. The fourth-order valence-electron chi connectivity index (χ4n) is 2.80. The molecule has 0 aliphatic heterocycles. The van der Waals surface area contributed by atoms with E-state index >= 15 is 0 Å². The maximum atomic E-state index is 13.7. The van der Waals surface area contributed by atoms with Crippen molar-refractivity contribution in [3.63, 3.8) is 0 Å². The molecule has 0 spiro atoms. The third kappa shape index (κ3) is 6.79. The average Bonchev–Trinajstić information content (AvgIpc) is 2.72. The molecule has 11 heteroatoms. The number of hydrogen-bond donors (Lipinski definition) is 2. The van der Waals surface area contributed by atoms with Crippen LogP contribution in [0.4, 0.5) is 18.9 Å². The number of anilines is 1. The van der Waals surface area contributed by atoms with Crippen molar-refractivity contribution in [1.82, 2.24) is 4.90 Å². The van der Waals surface area contributed by atoms with Gasteiger partial charge in [0.25, 0.3) is 0 Å². The zero-order valence-electron chi connectivity index (χ0n) is 16.7. The van der Waals surface area contributed by atoms with Gasteiger partial charge in [0.15, 0.2) is 17.5 Å². The summed E-state index contributed by atoms with van der Waals surface area (Å²) in [6.45, 7) is 1.67. The third-order valence-electron chi connectivity index (χ3n) is 4.37. The molecule has 0 aliphatic rings. The quantitative estimate of drug-likeness (QED) is 0.564. The second kappa shape index (κ2) is 10.4. The number of rotatable bonds is 9. The molecule has 2 aromatic carbocycles. The SMILES string of the molecule is CCCN(CC(=O)Nc1ccc(F)c(F)c1F)C(=O)CCc1ccc(S(N)(=O)=O)cc1. The van der Waals surface area contributed by atoms with Crippen LogP contribution in [0.5, 0.6) is 0 Å². The number of primary sulfonamides is 1. The van der Waals surface area contributed by atoms with Gasteiger partial charge in [-0.3, -0.25) is 9.59 Å². The van der Waals surface area contributed by atoms with Crippen molar-refractivity contribution >= 4 is 27.5 Å². The minimum Gasteiger partial charge on any atom is -0.333 e. The van der Waals surface area contributed by atoms with Crippen molar-refractivity contribution in [2.45, 2.75) is 31.1 Å². The number of nitrogens with zero attached hydrogens (tertiary/aromatic N) is 1. The summed E-state index contributed by atoms with van der Waals surface area (Å²) in [7, 11) is -3.81. The average molecular weight is 457 g/mol. The Labute approximate surface area is 178 Å². The second-order valence-corrected chi connectivity index (χ2v) is 8.34. The molecule has 0 aliphatic carbocycles. The lowest BCUT2D eigenvalue weighted by Gasteiger charge is -2.22. The number of carbonyl (C=O) groups is 2. The van der Waals surface area contributed by atoms with Crippen LogP contribution in [0.2, 0.25) is 0 Å². The number of amides is 2. The fraction of sp³-hybridized carbons (Fsp3) is 0.300. The topological polar surface area (TPSA) is 110 Å². The van der Waals surface area contributed by atoms with Gasteiger partial charge in [0.2, 0.25) is 21.8 Å². The van der Waals surface area contributed by atoms with Crippen LogP contribution in [0.1, 0.15) is 25.3 Å². The summed E-state index contributed by atoms with van der Waals surface area (Å²) in [6.07, 6.45) is 0.895. The minimum absolute atomic E-state index is 0.0432. The lowest BCUT2D eigenvalue weighted by atomic mass is 10.1. The van der Waals surface area contributed by atoms with Crippen LogP contribution in [0.3, 0.4) is 0 Å². The minimum atomic E-state index is -3.81. The van der Waals surface area contributed by atoms with E-state index < -0.39 is 45.6 Å². The molecule has 0 saturated heterocycles. The molecule has 2 aromatic rings. The van der Waals surface area contributed by atoms with Gasteiger partial charge in [-0.15, -0.1) is 0 Å². The highest BCUT2D eigenvalue weighted by molar-refractivity contribution is 7.89. The second-order valence-electron chi connectivity index (χ2n) is 6.78. The Kier molecular flexibility index (Phi) is 8.17. The summed E-state index contributed by atoms with van der Waals surface area (Å²) in [5.74, 6) is -5.71. The maximum Gasteiger partial charge on any atom is 0.244 e. The van der Waals surface area contributed by atoms with Gasteiger partial charge >= 0.3 is 0 Å². The van der Waals surface area contributed by atoms with Gasteiger partial charge in [0, 0.05) is 13.0 Å². The summed E-state index contributed by atoms with van der Waals surface area (Å²) in [5.41, 5.74) is 0.174. The van der Waals surface area contributed by atoms with Gasteiger partial charge in [0.1, 0.15) is 0 Å². The highest BCUT2D eigenvalue weighted by atomic mass is 32.2. The molecule has 168 valence electrons. The summed E-state index contributed by atoms with van der Waals surface area (Å²) in [6, 6.07) is 7.32. The Bertz CT molecular complexity index is 1060. The lowest BCUT2D eigenvalue weighted by Crippen LogP contribution is -2.38. The molecule has 0 radical (unpaired) electrons. The van der Waals surface area contributed by atoms with Crippen LogP contribution < -0.4 is 10.5 Å². The van der Waals surface area contributed by atoms with Gasteiger partial charge in [-0.1, -0.05) is 19.1 Å². The predicted octanol–water partition coefficient (Wildman–Crippen LogP) is 2.56. The number of nitrogens with two attached hydrogens (primary N) is 1. The largest absolute Gasteiger partial charge is 0.333 e. The molecular weight excluding hydrogens is 435 g/mol. The molecule has 7 nitrogen and oxygen atoms in total. The normalized spacial score (nSPS) is 11.3. The first-order valence-corrected chi connectivity index (χ1v) is 10.9. The maximum absolute atomic E-state index is 13.7. The zero-order valence-corrected chi connectivity index (χ0v) is 17.5. The molecule has 2 amide bonds. The van der Waals surface area contributed by atoms with E-state index in [2.05, 4.69) is 5.32 Å². The number of nitrogens with one attached hydrogen (secondary N) is 1. The highest BCUT2D eigenvalue weighted by Crippen LogP contribution is 2.19. The van der Waals surface area contributed by atoms with Crippen LogP contribution >= 0.6 is 0 Å². The van der Waals surface area contributed by atoms with Crippen molar-refractivity contribution < 1.29 is 31.2 Å². The smallest absolute Gasteiger partial charge is 0.244 e. The van der Waals surface area contributed by atoms with Crippen molar-refractivity contribution in [1.29, 1.82) is 0 Å². The van der Waals surface area contributed by atoms with Crippen LogP contribution in [0, 0.1) is 17.5 Å². The van der Waals surface area contributed by atoms with Crippen molar-refractivity contribution in [2.75, 3.05) is 18.4 Å². The molecule has 3 N–H and O–H groups in total. The molecule has 2 rings (SSSR count). The van der Waals surface area contributed by atoms with Gasteiger partial charge < -0.3 is 10.2 Å². The van der Waals surface area contributed by atoms with E-state index in [1.54, 1.807) is 6.92 Å². The van der Waals surface area contributed by atoms with E-state index in [-0.39, 0.29) is 23.8 Å². The molecule has 0 fully saturated rings. The number of benzene rings is 2. The Hall–Kier alpha value is -2.92. The molecule has 0 saturated carbocycles. The zero-order chi connectivity index (χ0) is 23.2. The van der Waals surface area contributed by atoms with Crippen LogP contribution in [-0.2, 0) is 26.0 Å². The van der Waals surface area contributed by atoms with E-state index in [1.165, 1.54) is 29.2 Å². The number of aryl methyl sites for hydroxylation is 1. The molecule has 31 heavy (non-hydrogen) atoms. The summed E-state index contributed by atoms with van der Waals surface area (Å²) in [4.78, 5) is 26.0. The van der Waals surface area contributed by atoms with Gasteiger partial charge in [-0.05, 0) is 42.7 Å². The Balaban J connectivity index is 1.98. The summed E-state index contributed by atoms with van der Waals surface area (Å²) in [5, 5.41) is 7.17. The molecular formula is C20H22F3N3O4S. The van der Waals surface area contributed by atoms with Crippen molar-refractivity contribution in [3.8, 4) is 0 Å². The highest BCUT2D eigenvalue weighted by Gasteiger charge is 2.19. The standard InChI is InChI=1S/C20H22F3N3O4S/c1-2-11-26(12-17(27)25-16-9-8-15(21)19(22)20(16)23)18(28)10-5-13-3-6-14(7-4-13)31(24,29)30/h3-4,6-9H,2,5,10-12H2,1H3,(H,25,27)(H2,24,29,30). The molecule has 0 atom stereocenters. The third-order valence-corrected chi connectivity index (χ3v) is 5.30. The molecule has 0 unspecified atom stereocenters. The summed E-state index contributed by atoms with van der Waals surface area (Å²) >= 11 is 0. The van der Waals surface area contributed by atoms with Crippen molar-refractivity contribution in [2.24, 2.45) is 5.14 Å². The first kappa shape index (κ1) is 24.4. The van der Waals surface area contributed by atoms with E-state index in [0.29, 0.717) is 24.5 Å². The van der Waals surface area contributed by atoms with E-state index in [0.717, 1.165) is 6.07 Å². The van der Waals surface area contributed by atoms with E-state index in [9.17, 15) is 31.2 Å². The van der Waals surface area contributed by atoms with Crippen LogP contribution in [-0.4, -0.2) is 38.2 Å². The number of carbonyl (C=O) groups excluding carboxylic acids is 2. The Morgan fingerprint density at radius 2 is 1.68 bits per heavy atom. The van der Waals surface area contributed by atoms with Crippen LogP contribution in [0.25, 0.3) is 0 Å².